The number of aryl methyl sites for hydroxylation is 2. The van der Waals surface area contributed by atoms with Crippen molar-refractivity contribution in [1.29, 1.82) is 0 Å². The first-order valence-electron chi connectivity index (χ1n) is 9.38. The van der Waals surface area contributed by atoms with E-state index in [1.54, 1.807) is 12.1 Å². The minimum absolute atomic E-state index is 0.0910. The smallest absolute Gasteiger partial charge is 0.240 e. The zero-order valence-corrected chi connectivity index (χ0v) is 16.5. The Bertz CT molecular complexity index is 701. The molecule has 1 amide bonds. The maximum absolute atomic E-state index is 12.4. The standard InChI is InChI=1S/C19H30N2O4S/c1-15(2)25-13-5-11-20-19(22)10-12-21-26(23,24)18-9-8-16-6-3-4-7-17(16)14-18/h8-9,14-15,21H,3-7,10-13H2,1-2H3,(H,20,22). The monoisotopic (exact) mass is 382 g/mol. The van der Waals surface area contributed by atoms with E-state index in [9.17, 15) is 13.2 Å². The number of nitrogens with one attached hydrogen (secondary N) is 2. The molecule has 2 rings (SSSR count). The topological polar surface area (TPSA) is 84.5 Å². The summed E-state index contributed by atoms with van der Waals surface area (Å²) >= 11 is 0. The summed E-state index contributed by atoms with van der Waals surface area (Å²) in [6.45, 7) is 5.15. The van der Waals surface area contributed by atoms with Crippen LogP contribution in [0.4, 0.5) is 0 Å². The summed E-state index contributed by atoms with van der Waals surface area (Å²) in [5.41, 5.74) is 2.37. The highest BCUT2D eigenvalue weighted by Crippen LogP contribution is 2.23. The fourth-order valence-corrected chi connectivity index (χ4v) is 4.05. The molecule has 1 aromatic carbocycles. The molecule has 0 saturated carbocycles. The van der Waals surface area contributed by atoms with Crippen molar-refractivity contribution in [2.75, 3.05) is 19.7 Å². The van der Waals surface area contributed by atoms with E-state index < -0.39 is 10.0 Å². The van der Waals surface area contributed by atoms with Crippen LogP contribution in [0.1, 0.15) is 50.7 Å². The predicted molar refractivity (Wildman–Crippen MR) is 102 cm³/mol. The van der Waals surface area contributed by atoms with Gasteiger partial charge in [0.2, 0.25) is 15.9 Å². The van der Waals surface area contributed by atoms with Crippen LogP contribution in [0.5, 0.6) is 0 Å². The Morgan fingerprint density at radius 2 is 1.88 bits per heavy atom. The largest absolute Gasteiger partial charge is 0.379 e. The van der Waals surface area contributed by atoms with Crippen molar-refractivity contribution >= 4 is 15.9 Å². The number of ether oxygens (including phenoxy) is 1. The number of sulfonamides is 1. The van der Waals surface area contributed by atoms with Crippen LogP contribution in [0.25, 0.3) is 0 Å². The zero-order chi connectivity index (χ0) is 19.0. The van der Waals surface area contributed by atoms with Gasteiger partial charge in [0.1, 0.15) is 0 Å². The van der Waals surface area contributed by atoms with E-state index in [0.717, 1.165) is 37.7 Å². The molecule has 0 unspecified atom stereocenters. The number of fused-ring (bicyclic) bond motifs is 1. The SMILES string of the molecule is CC(C)OCCCNC(=O)CCNS(=O)(=O)c1ccc2c(c1)CCCC2. The fraction of sp³-hybridized carbons (Fsp3) is 0.632. The first-order valence-corrected chi connectivity index (χ1v) is 10.9. The van der Waals surface area contributed by atoms with Crippen LogP contribution in [0.3, 0.4) is 0 Å². The molecule has 6 nitrogen and oxygen atoms in total. The van der Waals surface area contributed by atoms with E-state index in [2.05, 4.69) is 10.0 Å². The van der Waals surface area contributed by atoms with Gasteiger partial charge in [-0.1, -0.05) is 6.07 Å². The van der Waals surface area contributed by atoms with Gasteiger partial charge in [-0.2, -0.15) is 0 Å². The van der Waals surface area contributed by atoms with Crippen LogP contribution in [0, 0.1) is 0 Å². The van der Waals surface area contributed by atoms with Gasteiger partial charge in [-0.15, -0.1) is 0 Å². The van der Waals surface area contributed by atoms with Crippen molar-refractivity contribution < 1.29 is 17.9 Å². The molecule has 1 aliphatic carbocycles. The van der Waals surface area contributed by atoms with Crippen molar-refractivity contribution in [2.45, 2.75) is 63.4 Å². The fourth-order valence-electron chi connectivity index (χ4n) is 2.97. The zero-order valence-electron chi connectivity index (χ0n) is 15.7. The van der Waals surface area contributed by atoms with Crippen LogP contribution in [0.2, 0.25) is 0 Å². The normalized spacial score (nSPS) is 14.3. The van der Waals surface area contributed by atoms with Gasteiger partial charge in [0, 0.05) is 26.1 Å². The second-order valence-corrected chi connectivity index (χ2v) is 8.68. The summed E-state index contributed by atoms with van der Waals surface area (Å²) < 4.78 is 32.7. The van der Waals surface area contributed by atoms with Gasteiger partial charge in [-0.25, -0.2) is 13.1 Å². The molecule has 0 atom stereocenters. The lowest BCUT2D eigenvalue weighted by molar-refractivity contribution is -0.120. The predicted octanol–water partition coefficient (Wildman–Crippen LogP) is 2.17. The Hall–Kier alpha value is -1.44. The number of hydrogen-bond donors (Lipinski definition) is 2. The lowest BCUT2D eigenvalue weighted by Gasteiger charge is -2.16. The molecule has 0 bridgehead atoms. The van der Waals surface area contributed by atoms with E-state index in [-0.39, 0.29) is 29.9 Å². The maximum atomic E-state index is 12.4. The highest BCUT2D eigenvalue weighted by atomic mass is 32.2. The van der Waals surface area contributed by atoms with Gasteiger partial charge >= 0.3 is 0 Å². The summed E-state index contributed by atoms with van der Waals surface area (Å²) in [5.74, 6) is -0.164. The Kier molecular flexibility index (Phi) is 8.06. The first kappa shape index (κ1) is 20.9. The molecule has 0 saturated heterocycles. The molecule has 1 aromatic rings. The Balaban J connectivity index is 1.73. The van der Waals surface area contributed by atoms with Crippen LogP contribution in [-0.4, -0.2) is 40.1 Å². The third kappa shape index (κ3) is 6.70. The van der Waals surface area contributed by atoms with Crippen LogP contribution in [-0.2, 0) is 32.4 Å². The Morgan fingerprint density at radius 3 is 2.62 bits per heavy atom. The van der Waals surface area contributed by atoms with Crippen LogP contribution >= 0.6 is 0 Å². The lowest BCUT2D eigenvalue weighted by atomic mass is 9.92. The highest BCUT2D eigenvalue weighted by Gasteiger charge is 2.17. The minimum Gasteiger partial charge on any atom is -0.379 e. The molecule has 0 spiro atoms. The molecule has 0 fully saturated rings. The summed E-state index contributed by atoms with van der Waals surface area (Å²) in [7, 11) is -3.58. The number of rotatable bonds is 10. The molecule has 146 valence electrons. The third-order valence-electron chi connectivity index (χ3n) is 4.37. The molecular weight excluding hydrogens is 352 g/mol. The summed E-state index contributed by atoms with van der Waals surface area (Å²) in [5, 5.41) is 2.77. The third-order valence-corrected chi connectivity index (χ3v) is 5.83. The molecule has 26 heavy (non-hydrogen) atoms. The molecule has 2 N–H and O–H groups in total. The van der Waals surface area contributed by atoms with E-state index >= 15 is 0 Å². The summed E-state index contributed by atoms with van der Waals surface area (Å²) in [4.78, 5) is 12.0. The Labute approximate surface area is 156 Å². The van der Waals surface area contributed by atoms with Gasteiger partial charge in [0.25, 0.3) is 0 Å². The molecular formula is C19H30N2O4S. The van der Waals surface area contributed by atoms with E-state index in [1.165, 1.54) is 5.56 Å². The number of hydrogen-bond acceptors (Lipinski definition) is 4. The van der Waals surface area contributed by atoms with Crippen LogP contribution < -0.4 is 10.0 Å². The average molecular weight is 383 g/mol. The summed E-state index contributed by atoms with van der Waals surface area (Å²) in [6, 6.07) is 5.34. The average Bonchev–Trinajstić information content (AvgIpc) is 2.60. The minimum atomic E-state index is -3.58. The molecule has 0 heterocycles. The number of carbonyl (C=O) groups excluding carboxylic acids is 1. The van der Waals surface area contributed by atoms with E-state index in [1.807, 2.05) is 19.9 Å². The second-order valence-electron chi connectivity index (χ2n) is 6.91. The van der Waals surface area contributed by atoms with Crippen molar-refractivity contribution in [2.24, 2.45) is 0 Å². The van der Waals surface area contributed by atoms with Gasteiger partial charge in [-0.3, -0.25) is 4.79 Å². The molecule has 1 aliphatic rings. The van der Waals surface area contributed by atoms with Gasteiger partial charge in [-0.05, 0) is 69.2 Å². The number of carbonyl (C=O) groups is 1. The number of amides is 1. The van der Waals surface area contributed by atoms with Crippen LogP contribution in [0.15, 0.2) is 23.1 Å². The van der Waals surface area contributed by atoms with E-state index in [4.69, 9.17) is 4.74 Å². The van der Waals surface area contributed by atoms with Crippen molar-refractivity contribution in [3.05, 3.63) is 29.3 Å². The van der Waals surface area contributed by atoms with Gasteiger partial charge in [0.05, 0.1) is 11.0 Å². The summed E-state index contributed by atoms with van der Waals surface area (Å²) in [6.07, 6.45) is 5.26. The van der Waals surface area contributed by atoms with Crippen molar-refractivity contribution in [3.63, 3.8) is 0 Å². The van der Waals surface area contributed by atoms with Gasteiger partial charge < -0.3 is 10.1 Å². The quantitative estimate of drug-likeness (QED) is 0.608. The molecule has 7 heteroatoms. The first-order chi connectivity index (χ1) is 12.4. The van der Waals surface area contributed by atoms with Gasteiger partial charge in [0.15, 0.2) is 0 Å². The van der Waals surface area contributed by atoms with Crippen molar-refractivity contribution in [3.8, 4) is 0 Å². The molecule has 0 aromatic heterocycles. The maximum Gasteiger partial charge on any atom is 0.240 e. The Morgan fingerprint density at radius 1 is 1.15 bits per heavy atom. The molecule has 0 aliphatic heterocycles. The lowest BCUT2D eigenvalue weighted by Crippen LogP contribution is -2.31. The van der Waals surface area contributed by atoms with E-state index in [0.29, 0.717) is 13.2 Å². The highest BCUT2D eigenvalue weighted by molar-refractivity contribution is 7.89. The molecule has 0 radical (unpaired) electrons. The van der Waals surface area contributed by atoms with Crippen molar-refractivity contribution in [1.82, 2.24) is 10.0 Å². The number of benzene rings is 1. The second kappa shape index (κ2) is 10.0.